The van der Waals surface area contributed by atoms with Crippen LogP contribution in [0.1, 0.15) is 29.3 Å². The van der Waals surface area contributed by atoms with Crippen LogP contribution in [0, 0.1) is 6.92 Å². The van der Waals surface area contributed by atoms with Crippen LogP contribution in [0.2, 0.25) is 10.0 Å². The molecule has 3 atom stereocenters. The van der Waals surface area contributed by atoms with Crippen LogP contribution in [-0.4, -0.2) is 48.7 Å². The van der Waals surface area contributed by atoms with Gasteiger partial charge in [-0.2, -0.15) is 0 Å². The van der Waals surface area contributed by atoms with Crippen molar-refractivity contribution in [3.63, 3.8) is 0 Å². The number of amides is 1. The zero-order chi connectivity index (χ0) is 15.9. The van der Waals surface area contributed by atoms with Gasteiger partial charge in [0.2, 0.25) is 0 Å². The Balaban J connectivity index is 1.65. The minimum Gasteiger partial charge on any atom is -0.376 e. The van der Waals surface area contributed by atoms with E-state index in [2.05, 4.69) is 17.1 Å². The van der Waals surface area contributed by atoms with Crippen molar-refractivity contribution in [2.45, 2.75) is 38.5 Å². The number of morpholine rings is 1. The molecule has 1 amide bonds. The number of halogens is 2. The van der Waals surface area contributed by atoms with Gasteiger partial charge in [0.05, 0.1) is 12.7 Å². The van der Waals surface area contributed by atoms with Gasteiger partial charge in [-0.1, -0.05) is 23.2 Å². The number of hydrogen-bond donors (Lipinski definition) is 1. The molecular formula is C16H20Cl2N2O2. The van der Waals surface area contributed by atoms with Crippen LogP contribution in [0.15, 0.2) is 12.1 Å². The first-order valence-electron chi connectivity index (χ1n) is 7.56. The summed E-state index contributed by atoms with van der Waals surface area (Å²) in [4.78, 5) is 14.8. The third kappa shape index (κ3) is 3.25. The number of benzene rings is 1. The molecule has 0 radical (unpaired) electrons. The molecule has 2 heterocycles. The zero-order valence-corrected chi connectivity index (χ0v) is 14.2. The first-order valence-corrected chi connectivity index (χ1v) is 8.32. The Kier molecular flexibility index (Phi) is 4.64. The Hall–Kier alpha value is -0.810. The van der Waals surface area contributed by atoms with Gasteiger partial charge in [-0.15, -0.1) is 0 Å². The van der Waals surface area contributed by atoms with Crippen molar-refractivity contribution in [3.8, 4) is 0 Å². The van der Waals surface area contributed by atoms with Crippen molar-refractivity contribution < 1.29 is 9.53 Å². The number of nitrogens with one attached hydrogen (secondary N) is 1. The number of hydrogen-bond acceptors (Lipinski definition) is 3. The average molecular weight is 343 g/mol. The van der Waals surface area contributed by atoms with Gasteiger partial charge >= 0.3 is 0 Å². The van der Waals surface area contributed by atoms with Gasteiger partial charge in [-0.05, 0) is 38.0 Å². The molecular weight excluding hydrogens is 323 g/mol. The molecule has 0 spiro atoms. The Morgan fingerprint density at radius 3 is 2.68 bits per heavy atom. The van der Waals surface area contributed by atoms with E-state index in [0.29, 0.717) is 21.7 Å². The highest BCUT2D eigenvalue weighted by Gasteiger charge is 2.36. The van der Waals surface area contributed by atoms with E-state index in [-0.39, 0.29) is 18.1 Å². The van der Waals surface area contributed by atoms with E-state index in [4.69, 9.17) is 27.9 Å². The number of fused-ring (bicyclic) bond motifs is 1. The predicted molar refractivity (Wildman–Crippen MR) is 87.8 cm³/mol. The molecule has 120 valence electrons. The molecule has 0 aromatic heterocycles. The summed E-state index contributed by atoms with van der Waals surface area (Å²) in [6, 6.07) is 3.90. The second-order valence-corrected chi connectivity index (χ2v) is 7.04. The molecule has 4 nitrogen and oxygen atoms in total. The maximum absolute atomic E-state index is 12.4. The summed E-state index contributed by atoms with van der Waals surface area (Å²) in [7, 11) is 0. The Morgan fingerprint density at radius 2 is 2.00 bits per heavy atom. The highest BCUT2D eigenvalue weighted by molar-refractivity contribution is 6.36. The van der Waals surface area contributed by atoms with E-state index in [1.165, 1.54) is 0 Å². The summed E-state index contributed by atoms with van der Waals surface area (Å²) >= 11 is 12.2. The number of ether oxygens (including phenoxy) is 1. The van der Waals surface area contributed by atoms with E-state index >= 15 is 0 Å². The first kappa shape index (κ1) is 16.1. The highest BCUT2D eigenvalue weighted by atomic mass is 35.5. The lowest BCUT2D eigenvalue weighted by Crippen LogP contribution is -2.45. The highest BCUT2D eigenvalue weighted by Crippen LogP contribution is 2.26. The molecule has 2 fully saturated rings. The Bertz CT molecular complexity index is 571. The smallest absolute Gasteiger partial charge is 0.251 e. The fourth-order valence-corrected chi connectivity index (χ4v) is 3.68. The summed E-state index contributed by atoms with van der Waals surface area (Å²) in [5.41, 5.74) is 1.30. The van der Waals surface area contributed by atoms with Crippen LogP contribution >= 0.6 is 23.2 Å². The van der Waals surface area contributed by atoms with Gasteiger partial charge in [-0.3, -0.25) is 9.69 Å². The van der Waals surface area contributed by atoms with Crippen molar-refractivity contribution in [1.29, 1.82) is 0 Å². The summed E-state index contributed by atoms with van der Waals surface area (Å²) in [5.74, 6) is -0.123. The van der Waals surface area contributed by atoms with Gasteiger partial charge in [0.15, 0.2) is 0 Å². The molecule has 2 saturated heterocycles. The van der Waals surface area contributed by atoms with Crippen molar-refractivity contribution in [2.75, 3.05) is 19.7 Å². The summed E-state index contributed by atoms with van der Waals surface area (Å²) in [6.07, 6.45) is 1.19. The molecule has 22 heavy (non-hydrogen) atoms. The molecule has 1 aromatic carbocycles. The quantitative estimate of drug-likeness (QED) is 0.898. The van der Waals surface area contributed by atoms with Gasteiger partial charge in [0.25, 0.3) is 5.91 Å². The van der Waals surface area contributed by atoms with E-state index < -0.39 is 0 Å². The fourth-order valence-electron chi connectivity index (χ4n) is 3.19. The van der Waals surface area contributed by atoms with Gasteiger partial charge in [0.1, 0.15) is 0 Å². The van der Waals surface area contributed by atoms with E-state index in [1.807, 2.05) is 6.92 Å². The number of rotatable bonds is 2. The molecule has 0 aliphatic carbocycles. The van der Waals surface area contributed by atoms with E-state index in [9.17, 15) is 4.79 Å². The van der Waals surface area contributed by atoms with Crippen molar-refractivity contribution in [2.24, 2.45) is 0 Å². The monoisotopic (exact) mass is 342 g/mol. The number of carbonyl (C=O) groups excluding carboxylic acids is 1. The molecule has 1 aromatic rings. The van der Waals surface area contributed by atoms with Crippen LogP contribution in [0.3, 0.4) is 0 Å². The maximum Gasteiger partial charge on any atom is 0.251 e. The van der Waals surface area contributed by atoms with Gasteiger partial charge in [0, 0.05) is 40.8 Å². The molecule has 1 N–H and O–H groups in total. The first-order chi connectivity index (χ1) is 10.4. The molecule has 2 aliphatic heterocycles. The summed E-state index contributed by atoms with van der Waals surface area (Å²) < 4.78 is 5.69. The molecule has 3 rings (SSSR count). The largest absolute Gasteiger partial charge is 0.376 e. The van der Waals surface area contributed by atoms with Crippen LogP contribution in [0.25, 0.3) is 0 Å². The average Bonchev–Trinajstić information content (AvgIpc) is 2.85. The lowest BCUT2D eigenvalue weighted by Gasteiger charge is -2.33. The third-order valence-corrected chi connectivity index (χ3v) is 5.26. The zero-order valence-electron chi connectivity index (χ0n) is 12.7. The Morgan fingerprint density at radius 1 is 1.32 bits per heavy atom. The van der Waals surface area contributed by atoms with E-state index in [1.54, 1.807) is 12.1 Å². The van der Waals surface area contributed by atoms with Crippen LogP contribution in [0.4, 0.5) is 0 Å². The molecule has 6 heteroatoms. The Labute approximate surface area is 140 Å². The number of nitrogens with zero attached hydrogens (tertiary/aromatic N) is 1. The topological polar surface area (TPSA) is 41.6 Å². The normalized spacial score (nSPS) is 28.5. The van der Waals surface area contributed by atoms with Crippen molar-refractivity contribution in [3.05, 3.63) is 33.3 Å². The lowest BCUT2D eigenvalue weighted by atomic mass is 10.1. The molecule has 2 aliphatic rings. The summed E-state index contributed by atoms with van der Waals surface area (Å²) in [6.45, 7) is 6.47. The molecule has 0 saturated carbocycles. The van der Waals surface area contributed by atoms with Gasteiger partial charge in [-0.25, -0.2) is 0 Å². The van der Waals surface area contributed by atoms with Crippen LogP contribution in [0.5, 0.6) is 0 Å². The van der Waals surface area contributed by atoms with E-state index in [0.717, 1.165) is 31.7 Å². The standard InChI is InChI=1S/C16H20Cl2N2O2/c1-9-6-20-7-12(5-13(20)8-22-9)19-16(21)11-3-14(17)10(2)15(18)4-11/h3-4,9,12-13H,5-8H2,1-2H3,(H,19,21)/t9-,12-,13-/m0/s1. The third-order valence-electron chi connectivity index (χ3n) is 4.47. The minimum absolute atomic E-state index is 0.123. The van der Waals surface area contributed by atoms with Crippen molar-refractivity contribution >= 4 is 29.1 Å². The molecule has 0 unspecified atom stereocenters. The fraction of sp³-hybridized carbons (Fsp3) is 0.562. The summed E-state index contributed by atoms with van der Waals surface area (Å²) in [5, 5.41) is 4.12. The number of carbonyl (C=O) groups is 1. The second kappa shape index (κ2) is 6.36. The van der Waals surface area contributed by atoms with Crippen LogP contribution in [-0.2, 0) is 4.74 Å². The predicted octanol–water partition coefficient (Wildman–Crippen LogP) is 2.89. The van der Waals surface area contributed by atoms with Crippen LogP contribution < -0.4 is 5.32 Å². The maximum atomic E-state index is 12.4. The van der Waals surface area contributed by atoms with Gasteiger partial charge < -0.3 is 10.1 Å². The lowest BCUT2D eigenvalue weighted by molar-refractivity contribution is -0.0390. The SMILES string of the molecule is Cc1c(Cl)cc(C(=O)N[C@H]2C[C@H]3CO[C@@H](C)CN3C2)cc1Cl. The molecule has 0 bridgehead atoms. The second-order valence-electron chi connectivity index (χ2n) is 6.22. The van der Waals surface area contributed by atoms with Crippen molar-refractivity contribution in [1.82, 2.24) is 10.2 Å². The minimum atomic E-state index is -0.123.